The number of rotatable bonds is 17. The molecule has 1 amide bonds. The van der Waals surface area contributed by atoms with Gasteiger partial charge in [0.25, 0.3) is 12.1 Å². The number of nitrogens with two attached hydrogens (primary N) is 2. The van der Waals surface area contributed by atoms with Gasteiger partial charge in [0.2, 0.25) is 22.8 Å². The van der Waals surface area contributed by atoms with E-state index >= 15 is 0 Å². The Bertz CT molecular complexity index is 2220. The SMILES string of the molecule is CC(C)(O/N=C(\C(=O)C[C@@H]1C(=O)N2C(C(=O)O)=C(/C=C/C[n+]3cnc(N)c(NCCCC(=O)c4cc(=O)c(O)cn4O)c3)CSC12)c1nsc(N)n1)C(=O)O. The molecule has 0 aromatic carbocycles. The Morgan fingerprint density at radius 1 is 1.22 bits per heavy atom. The van der Waals surface area contributed by atoms with E-state index in [4.69, 9.17) is 16.3 Å². The number of hydrogen-bond acceptors (Lipinski definition) is 18. The van der Waals surface area contributed by atoms with Gasteiger partial charge in [0.15, 0.2) is 28.2 Å². The van der Waals surface area contributed by atoms with Crippen molar-refractivity contribution in [2.75, 3.05) is 29.1 Å². The monoisotopic (exact) mass is 799 g/mol. The molecule has 1 unspecified atom stereocenters. The number of aliphatic carboxylic acids is 2. The van der Waals surface area contributed by atoms with E-state index in [1.807, 2.05) is 0 Å². The maximum Gasteiger partial charge on any atom is 0.352 e. The van der Waals surface area contributed by atoms with Crippen LogP contribution in [-0.4, -0.2) is 103 Å². The van der Waals surface area contributed by atoms with Crippen molar-refractivity contribution in [3.05, 3.63) is 70.0 Å². The molecule has 290 valence electrons. The van der Waals surface area contributed by atoms with Crippen LogP contribution in [0.25, 0.3) is 0 Å². The van der Waals surface area contributed by atoms with Crippen molar-refractivity contribution in [1.82, 2.24) is 24.0 Å². The number of anilines is 3. The number of carbonyl (C=O) groups is 5. The summed E-state index contributed by atoms with van der Waals surface area (Å²) in [5, 5.41) is 44.8. The standard InChI is InChI=1S/C32H34N10O11S2/c1-32(2,30(50)51)53-38-23(26-37-31(34)55-39-26)21(45)9-16-27(47)42-24(29(48)49)15(13-54-28(16)42)5-4-8-40-11-17(25(33)36-14-40)35-7-3-6-19(43)18-10-20(44)22(46)12-41(18)52/h4-5,10-12,14,16,28,33,35,52H,3,6-9,13H2,1-2H3,(H5,34,37,39,46,48,49,50,51)/p+1/b5-4+,38-23+/t16-,28?/m1/s1. The number of nitrogen functional groups attached to an aromatic ring is 2. The van der Waals surface area contributed by atoms with Crippen molar-refractivity contribution in [3.8, 4) is 5.75 Å². The van der Waals surface area contributed by atoms with Gasteiger partial charge in [-0.3, -0.25) is 24.1 Å². The van der Waals surface area contributed by atoms with E-state index in [9.17, 15) is 49.3 Å². The lowest BCUT2D eigenvalue weighted by Gasteiger charge is -2.49. The van der Waals surface area contributed by atoms with E-state index < -0.39 is 69.6 Å². The number of carboxylic acid groups (broad SMARTS) is 2. The van der Waals surface area contributed by atoms with Crippen LogP contribution >= 0.6 is 23.3 Å². The van der Waals surface area contributed by atoms with E-state index in [0.717, 1.165) is 28.7 Å². The van der Waals surface area contributed by atoms with E-state index in [0.29, 0.717) is 22.4 Å². The lowest BCUT2D eigenvalue weighted by molar-refractivity contribution is -0.689. The van der Waals surface area contributed by atoms with Crippen molar-refractivity contribution in [2.45, 2.75) is 50.6 Å². The molecule has 3 aromatic heterocycles. The molecular formula is C32H35N10O11S2+. The minimum absolute atomic E-state index is 0.0132. The smallest absolute Gasteiger partial charge is 0.352 e. The first-order valence-electron chi connectivity index (χ1n) is 16.2. The first kappa shape index (κ1) is 39.8. The number of fused-ring (bicyclic) bond motifs is 1. The predicted octanol–water partition coefficient (Wildman–Crippen LogP) is 0.234. The third kappa shape index (κ3) is 8.89. The minimum Gasteiger partial charge on any atom is -0.503 e. The minimum atomic E-state index is -1.81. The molecule has 2 aliphatic rings. The molecule has 2 atom stereocenters. The van der Waals surface area contributed by atoms with Gasteiger partial charge in [0, 0.05) is 42.7 Å². The maximum atomic E-state index is 13.4. The van der Waals surface area contributed by atoms with Crippen LogP contribution in [0.4, 0.5) is 16.6 Å². The van der Waals surface area contributed by atoms with Gasteiger partial charge in [-0.25, -0.2) is 14.2 Å². The molecule has 0 spiro atoms. The van der Waals surface area contributed by atoms with Gasteiger partial charge < -0.3 is 42.1 Å². The highest BCUT2D eigenvalue weighted by molar-refractivity contribution is 8.00. The van der Waals surface area contributed by atoms with Gasteiger partial charge >= 0.3 is 11.9 Å². The van der Waals surface area contributed by atoms with Crippen molar-refractivity contribution in [3.63, 3.8) is 0 Å². The van der Waals surface area contributed by atoms with E-state index in [1.165, 1.54) is 31.9 Å². The molecule has 55 heavy (non-hydrogen) atoms. The number of Topliss-reactive ketones (excluding diaryl/α,β-unsaturated/α-hetero) is 2. The number of nitrogens with one attached hydrogen (secondary N) is 1. The number of aromatic nitrogens is 5. The summed E-state index contributed by atoms with van der Waals surface area (Å²) in [6.45, 7) is 2.94. The second kappa shape index (κ2) is 16.3. The number of hydrogen-bond donors (Lipinski definition) is 7. The molecule has 5 rings (SSSR count). The van der Waals surface area contributed by atoms with Crippen molar-refractivity contribution in [1.29, 1.82) is 0 Å². The molecule has 0 saturated carbocycles. The fourth-order valence-electron chi connectivity index (χ4n) is 5.29. The van der Waals surface area contributed by atoms with E-state index in [1.54, 1.807) is 22.9 Å². The van der Waals surface area contributed by atoms with Crippen molar-refractivity contribution in [2.24, 2.45) is 11.1 Å². The highest BCUT2D eigenvalue weighted by Crippen LogP contribution is 2.45. The first-order chi connectivity index (χ1) is 26.0. The quantitative estimate of drug-likeness (QED) is 0.0183. The van der Waals surface area contributed by atoms with Gasteiger partial charge in [-0.05, 0) is 36.9 Å². The molecule has 1 fully saturated rings. The largest absolute Gasteiger partial charge is 0.503 e. The number of carboxylic acids is 2. The Morgan fingerprint density at radius 2 is 1.96 bits per heavy atom. The summed E-state index contributed by atoms with van der Waals surface area (Å²) < 4.78 is 6.01. The Hall–Kier alpha value is -6.36. The number of thioether (sulfide) groups is 1. The van der Waals surface area contributed by atoms with Gasteiger partial charge in [0.1, 0.15) is 29.8 Å². The highest BCUT2D eigenvalue weighted by atomic mass is 32.2. The summed E-state index contributed by atoms with van der Waals surface area (Å²) in [6.07, 6.45) is 6.96. The summed E-state index contributed by atoms with van der Waals surface area (Å²) in [6, 6.07) is 0.847. The zero-order chi connectivity index (χ0) is 40.2. The van der Waals surface area contributed by atoms with Gasteiger partial charge in [-0.15, -0.1) is 11.8 Å². The Kier molecular flexibility index (Phi) is 11.8. The summed E-state index contributed by atoms with van der Waals surface area (Å²) in [5.41, 5.74) is 8.93. The topological polar surface area (TPSA) is 320 Å². The average Bonchev–Trinajstić information content (AvgIpc) is 3.56. The molecule has 23 heteroatoms. The van der Waals surface area contributed by atoms with Crippen LogP contribution in [0.3, 0.4) is 0 Å². The molecule has 0 aliphatic carbocycles. The number of oxime groups is 1. The Labute approximate surface area is 318 Å². The zero-order valence-corrected chi connectivity index (χ0v) is 30.7. The maximum absolute atomic E-state index is 13.4. The number of pyridine rings is 1. The number of ketones is 2. The fraction of sp³-hybridized carbons (Fsp3) is 0.344. The number of nitrogens with zero attached hydrogens (tertiary/aromatic N) is 7. The van der Waals surface area contributed by atoms with Gasteiger partial charge in [-0.2, -0.15) is 14.1 Å². The Morgan fingerprint density at radius 3 is 2.64 bits per heavy atom. The Balaban J connectivity index is 1.21. The van der Waals surface area contributed by atoms with E-state index in [-0.39, 0.29) is 53.4 Å². The molecule has 5 heterocycles. The number of carbonyl (C=O) groups excluding carboxylic acids is 3. The van der Waals surface area contributed by atoms with Crippen LogP contribution in [0, 0.1) is 5.92 Å². The number of aromatic hydroxyl groups is 1. The second-order valence-electron chi connectivity index (χ2n) is 12.6. The summed E-state index contributed by atoms with van der Waals surface area (Å²) in [4.78, 5) is 89.0. The molecule has 3 aromatic rings. The molecular weight excluding hydrogens is 765 g/mol. The number of allylic oxidation sites excluding steroid dienone is 2. The summed E-state index contributed by atoms with van der Waals surface area (Å²) in [7, 11) is 0. The third-order valence-electron chi connectivity index (χ3n) is 8.26. The molecule has 0 bridgehead atoms. The van der Waals surface area contributed by atoms with Crippen molar-refractivity contribution >= 4 is 75.1 Å². The molecule has 2 aliphatic heterocycles. The summed E-state index contributed by atoms with van der Waals surface area (Å²) in [5.74, 6) is -5.98. The molecule has 0 radical (unpaired) electrons. The van der Waals surface area contributed by atoms with E-state index in [2.05, 4.69) is 24.8 Å². The number of β-lactam (4-membered cyclic amide) rings is 1. The normalized spacial score (nSPS) is 17.2. The van der Waals surface area contributed by atoms with Gasteiger partial charge in [0.05, 0.1) is 17.5 Å². The van der Waals surface area contributed by atoms with Crippen LogP contribution in [-0.2, 0) is 30.6 Å². The second-order valence-corrected chi connectivity index (χ2v) is 14.5. The average molecular weight is 800 g/mol. The lowest BCUT2D eigenvalue weighted by atomic mass is 9.89. The van der Waals surface area contributed by atoms with Crippen LogP contribution in [0.5, 0.6) is 5.75 Å². The lowest BCUT2D eigenvalue weighted by Crippen LogP contribution is -2.62. The van der Waals surface area contributed by atoms with Crippen LogP contribution in [0.1, 0.15) is 49.4 Å². The molecule has 1 saturated heterocycles. The van der Waals surface area contributed by atoms with Crippen LogP contribution < -0.4 is 26.8 Å². The third-order valence-corrected chi connectivity index (χ3v) is 10.2. The fourth-order valence-corrected chi connectivity index (χ4v) is 7.12. The van der Waals surface area contributed by atoms with Crippen LogP contribution in [0.2, 0.25) is 0 Å². The highest BCUT2D eigenvalue weighted by Gasteiger charge is 2.54. The molecule has 21 nitrogen and oxygen atoms in total. The predicted molar refractivity (Wildman–Crippen MR) is 194 cm³/mol. The molecule has 9 N–H and O–H groups in total. The van der Waals surface area contributed by atoms with Crippen LogP contribution in [0.15, 0.2) is 58.2 Å². The van der Waals surface area contributed by atoms with Gasteiger partial charge in [-0.1, -0.05) is 11.2 Å². The zero-order valence-electron chi connectivity index (χ0n) is 29.1. The first-order valence-corrected chi connectivity index (χ1v) is 18.1. The van der Waals surface area contributed by atoms with Crippen molar-refractivity contribution < 1.29 is 53.9 Å². The summed E-state index contributed by atoms with van der Waals surface area (Å²) >= 11 is 2.04. The number of amides is 1.